The highest BCUT2D eigenvalue weighted by Gasteiger charge is 2.29. The van der Waals surface area contributed by atoms with Crippen molar-refractivity contribution in [2.45, 2.75) is 17.7 Å². The Kier molecular flexibility index (Phi) is 3.36. The van der Waals surface area contributed by atoms with Crippen LogP contribution in [0.5, 0.6) is 0 Å². The van der Waals surface area contributed by atoms with E-state index in [0.717, 1.165) is 16.9 Å². The number of hydrogen-bond acceptors (Lipinski definition) is 4. The number of aromatic nitrogens is 1. The number of carbonyl (C=O) groups is 1. The molecule has 0 bridgehead atoms. The van der Waals surface area contributed by atoms with Crippen molar-refractivity contribution in [3.8, 4) is 0 Å². The third-order valence-electron chi connectivity index (χ3n) is 3.42. The van der Waals surface area contributed by atoms with E-state index in [0.29, 0.717) is 11.5 Å². The fourth-order valence-electron chi connectivity index (χ4n) is 2.23. The first-order valence-electron chi connectivity index (χ1n) is 6.40. The van der Waals surface area contributed by atoms with Crippen LogP contribution in [0, 0.1) is 6.92 Å². The molecular formula is C15H15N3OS. The van der Waals surface area contributed by atoms with Crippen molar-refractivity contribution in [1.29, 1.82) is 0 Å². The Hall–Kier alpha value is -2.01. The molecule has 1 aromatic carbocycles. The molecule has 0 aliphatic carbocycles. The van der Waals surface area contributed by atoms with E-state index in [1.807, 2.05) is 25.1 Å². The van der Waals surface area contributed by atoms with Gasteiger partial charge < -0.3 is 11.1 Å². The van der Waals surface area contributed by atoms with Crippen LogP contribution in [0.1, 0.15) is 17.0 Å². The van der Waals surface area contributed by atoms with Crippen molar-refractivity contribution in [2.24, 2.45) is 0 Å². The first kappa shape index (κ1) is 13.0. The molecule has 3 rings (SSSR count). The average molecular weight is 285 g/mol. The van der Waals surface area contributed by atoms with E-state index in [-0.39, 0.29) is 11.8 Å². The summed E-state index contributed by atoms with van der Waals surface area (Å²) in [5, 5.41) is 2.87. The van der Waals surface area contributed by atoms with E-state index < -0.39 is 0 Å². The van der Waals surface area contributed by atoms with Gasteiger partial charge in [-0.2, -0.15) is 0 Å². The van der Waals surface area contributed by atoms with E-state index >= 15 is 0 Å². The van der Waals surface area contributed by atoms with Crippen molar-refractivity contribution >= 4 is 29.2 Å². The third kappa shape index (κ3) is 2.36. The minimum atomic E-state index is -0.115. The van der Waals surface area contributed by atoms with Crippen molar-refractivity contribution < 1.29 is 4.79 Å². The van der Waals surface area contributed by atoms with Crippen LogP contribution in [-0.4, -0.2) is 16.6 Å². The number of fused-ring (bicyclic) bond motifs is 1. The number of amides is 1. The molecule has 1 aliphatic rings. The summed E-state index contributed by atoms with van der Waals surface area (Å²) in [6.45, 7) is 1.90. The summed E-state index contributed by atoms with van der Waals surface area (Å²) < 4.78 is 0. The molecule has 1 aliphatic heterocycles. The Balaban J connectivity index is 1.79. The van der Waals surface area contributed by atoms with Crippen LogP contribution in [0.3, 0.4) is 0 Å². The number of thioether (sulfide) groups is 1. The topological polar surface area (TPSA) is 68.0 Å². The number of anilines is 2. The number of carbonyl (C=O) groups excluding carboxylic acids is 1. The number of aryl methyl sites for hydroxylation is 1. The van der Waals surface area contributed by atoms with Crippen molar-refractivity contribution in [3.05, 3.63) is 47.7 Å². The molecule has 3 N–H and O–H groups in total. The van der Waals surface area contributed by atoms with Crippen LogP contribution < -0.4 is 11.1 Å². The highest BCUT2D eigenvalue weighted by molar-refractivity contribution is 7.99. The maximum absolute atomic E-state index is 12.4. The molecule has 102 valence electrons. The molecule has 5 heteroatoms. The highest BCUT2D eigenvalue weighted by atomic mass is 32.2. The maximum Gasteiger partial charge on any atom is 0.233 e. The molecule has 20 heavy (non-hydrogen) atoms. The quantitative estimate of drug-likeness (QED) is 0.890. The molecule has 2 heterocycles. The zero-order valence-corrected chi connectivity index (χ0v) is 11.9. The van der Waals surface area contributed by atoms with Crippen molar-refractivity contribution in [3.63, 3.8) is 0 Å². The molecule has 0 radical (unpaired) electrons. The molecule has 0 saturated carbocycles. The minimum Gasteiger partial charge on any atom is -0.397 e. The fourth-order valence-corrected chi connectivity index (χ4v) is 3.46. The van der Waals surface area contributed by atoms with Crippen LogP contribution in [-0.2, 0) is 4.79 Å². The Labute approximate surface area is 121 Å². The lowest BCUT2D eigenvalue weighted by atomic mass is 10.0. The summed E-state index contributed by atoms with van der Waals surface area (Å²) in [5.74, 6) is 1.20. The first-order chi connectivity index (χ1) is 9.65. The van der Waals surface area contributed by atoms with Crippen LogP contribution >= 0.6 is 11.8 Å². The lowest BCUT2D eigenvalue weighted by Gasteiger charge is -2.11. The standard InChI is InChI=1S/C15H15N3OS/c1-9-6-14(17-7-12(9)16)18-15(19)11-8-20-13-5-3-2-4-10(11)13/h2-7,11H,8,16H2,1H3,(H,17,18,19). The third-order valence-corrected chi connectivity index (χ3v) is 4.60. The summed E-state index contributed by atoms with van der Waals surface area (Å²) >= 11 is 1.72. The van der Waals surface area contributed by atoms with Gasteiger partial charge in [-0.1, -0.05) is 18.2 Å². The zero-order valence-electron chi connectivity index (χ0n) is 11.1. The smallest absolute Gasteiger partial charge is 0.233 e. The van der Waals surface area contributed by atoms with Gasteiger partial charge in [0.2, 0.25) is 5.91 Å². The van der Waals surface area contributed by atoms with Crippen molar-refractivity contribution in [2.75, 3.05) is 16.8 Å². The minimum absolute atomic E-state index is 0.0147. The summed E-state index contributed by atoms with van der Waals surface area (Å²) in [5.41, 5.74) is 8.37. The molecule has 1 aromatic heterocycles. The Morgan fingerprint density at radius 3 is 3.05 bits per heavy atom. The van der Waals surface area contributed by atoms with Gasteiger partial charge in [0.1, 0.15) is 5.82 Å². The Bertz CT molecular complexity index is 672. The molecule has 0 saturated heterocycles. The number of rotatable bonds is 2. The molecule has 4 nitrogen and oxygen atoms in total. The monoisotopic (exact) mass is 285 g/mol. The second-order valence-corrected chi connectivity index (χ2v) is 5.88. The number of nitrogens with one attached hydrogen (secondary N) is 1. The van der Waals surface area contributed by atoms with Crippen LogP contribution in [0.2, 0.25) is 0 Å². The number of nitrogen functional groups attached to an aromatic ring is 1. The fraction of sp³-hybridized carbons (Fsp3) is 0.200. The van der Waals surface area contributed by atoms with Gasteiger partial charge in [-0.25, -0.2) is 4.98 Å². The molecule has 0 fully saturated rings. The highest BCUT2D eigenvalue weighted by Crippen LogP contribution is 2.39. The van der Waals surface area contributed by atoms with Gasteiger partial charge in [0.15, 0.2) is 0 Å². The van der Waals surface area contributed by atoms with Gasteiger partial charge in [-0.05, 0) is 30.2 Å². The van der Waals surface area contributed by atoms with Gasteiger partial charge in [0.25, 0.3) is 0 Å². The van der Waals surface area contributed by atoms with Gasteiger partial charge in [0.05, 0.1) is 17.8 Å². The van der Waals surface area contributed by atoms with E-state index in [1.54, 1.807) is 24.0 Å². The molecule has 0 spiro atoms. The zero-order chi connectivity index (χ0) is 14.1. The normalized spacial score (nSPS) is 16.8. The lowest BCUT2D eigenvalue weighted by Crippen LogP contribution is -2.21. The van der Waals surface area contributed by atoms with E-state index in [4.69, 9.17) is 5.73 Å². The number of nitrogens with two attached hydrogens (primary N) is 1. The molecule has 1 amide bonds. The van der Waals surface area contributed by atoms with Crippen LogP contribution in [0.25, 0.3) is 0 Å². The predicted molar refractivity (Wildman–Crippen MR) is 81.9 cm³/mol. The summed E-state index contributed by atoms with van der Waals surface area (Å²) in [6, 6.07) is 9.83. The summed E-state index contributed by atoms with van der Waals surface area (Å²) in [7, 11) is 0. The second-order valence-electron chi connectivity index (χ2n) is 4.82. The van der Waals surface area contributed by atoms with Gasteiger partial charge >= 0.3 is 0 Å². The number of nitrogens with zero attached hydrogens (tertiary/aromatic N) is 1. The van der Waals surface area contributed by atoms with Crippen molar-refractivity contribution in [1.82, 2.24) is 4.98 Å². The maximum atomic E-state index is 12.4. The van der Waals surface area contributed by atoms with Crippen LogP contribution in [0.15, 0.2) is 41.4 Å². The average Bonchev–Trinajstić information content (AvgIpc) is 2.87. The van der Waals surface area contributed by atoms with E-state index in [1.165, 1.54) is 4.90 Å². The second kappa shape index (κ2) is 5.17. The molecule has 2 aromatic rings. The van der Waals surface area contributed by atoms with Gasteiger partial charge in [-0.15, -0.1) is 11.8 Å². The molecule has 1 unspecified atom stereocenters. The van der Waals surface area contributed by atoms with E-state index in [2.05, 4.69) is 16.4 Å². The summed E-state index contributed by atoms with van der Waals surface area (Å²) in [6.07, 6.45) is 1.57. The largest absolute Gasteiger partial charge is 0.397 e. The van der Waals surface area contributed by atoms with Crippen LogP contribution in [0.4, 0.5) is 11.5 Å². The first-order valence-corrected chi connectivity index (χ1v) is 7.38. The van der Waals surface area contributed by atoms with E-state index in [9.17, 15) is 4.79 Å². The molecular weight excluding hydrogens is 270 g/mol. The molecule has 1 atom stereocenters. The number of pyridine rings is 1. The Morgan fingerprint density at radius 2 is 2.25 bits per heavy atom. The Morgan fingerprint density at radius 1 is 1.45 bits per heavy atom. The SMILES string of the molecule is Cc1cc(NC(=O)C2CSc3ccccc32)ncc1N. The summed E-state index contributed by atoms with van der Waals surface area (Å²) in [4.78, 5) is 17.7. The van der Waals surface area contributed by atoms with Gasteiger partial charge in [0, 0.05) is 10.6 Å². The number of hydrogen-bond donors (Lipinski definition) is 2. The van der Waals surface area contributed by atoms with Gasteiger partial charge in [-0.3, -0.25) is 4.79 Å². The number of benzene rings is 1. The lowest BCUT2D eigenvalue weighted by molar-refractivity contribution is -0.117. The predicted octanol–water partition coefficient (Wildman–Crippen LogP) is 2.80.